The molecule has 1 fully saturated rings. The van der Waals surface area contributed by atoms with E-state index in [1.165, 1.54) is 11.8 Å². The van der Waals surface area contributed by atoms with Gasteiger partial charge in [-0.1, -0.05) is 0 Å². The van der Waals surface area contributed by atoms with Crippen molar-refractivity contribution in [2.75, 3.05) is 13.1 Å². The number of carbonyl (C=O) groups excluding carboxylic acids is 3. The molecule has 158 valence electrons. The number of rotatable bonds is 10. The average molecular weight is 402 g/mol. The van der Waals surface area contributed by atoms with Crippen molar-refractivity contribution in [3.63, 3.8) is 0 Å². The summed E-state index contributed by atoms with van der Waals surface area (Å²) in [5, 5.41) is 31.5. The van der Waals surface area contributed by atoms with Crippen LogP contribution in [0.5, 0.6) is 0 Å². The quantitative estimate of drug-likeness (QED) is 0.224. The van der Waals surface area contributed by atoms with Gasteiger partial charge in [-0.3, -0.25) is 19.2 Å². The summed E-state index contributed by atoms with van der Waals surface area (Å²) in [5.41, 5.74) is 5.62. The lowest BCUT2D eigenvalue weighted by Crippen LogP contribution is -2.55. The van der Waals surface area contributed by atoms with E-state index in [-0.39, 0.29) is 6.42 Å². The van der Waals surface area contributed by atoms with Crippen LogP contribution in [0.3, 0.4) is 0 Å². The van der Waals surface area contributed by atoms with Crippen molar-refractivity contribution in [2.24, 2.45) is 5.73 Å². The summed E-state index contributed by atoms with van der Waals surface area (Å²) < 4.78 is 0. The van der Waals surface area contributed by atoms with Gasteiger partial charge in [-0.25, -0.2) is 4.79 Å². The molecule has 12 nitrogen and oxygen atoms in total. The van der Waals surface area contributed by atoms with E-state index in [0.29, 0.717) is 19.4 Å². The van der Waals surface area contributed by atoms with Gasteiger partial charge in [-0.2, -0.15) is 0 Å². The van der Waals surface area contributed by atoms with Gasteiger partial charge in [0.2, 0.25) is 17.7 Å². The van der Waals surface area contributed by atoms with Gasteiger partial charge in [0, 0.05) is 13.0 Å². The van der Waals surface area contributed by atoms with Gasteiger partial charge >= 0.3 is 11.9 Å². The second-order valence-corrected chi connectivity index (χ2v) is 6.56. The standard InChI is InChI=1S/C16H26N4O8/c1-8(21)13(17)15(26)20-6-2-3-10(20)14(25)18-7-11(22)19-9(16(27)28)4-5-12(23)24/h8-10,13,21H,2-7,17H2,1H3,(H,18,25)(H,19,22)(H,23,24)(H,27,28). The Balaban J connectivity index is 2.57. The third kappa shape index (κ3) is 6.78. The third-order valence-electron chi connectivity index (χ3n) is 4.35. The van der Waals surface area contributed by atoms with Gasteiger partial charge < -0.3 is 36.6 Å². The fraction of sp³-hybridized carbons (Fsp3) is 0.688. The number of likely N-dealkylation sites (tertiary alicyclic amines) is 1. The highest BCUT2D eigenvalue weighted by atomic mass is 16.4. The predicted molar refractivity (Wildman–Crippen MR) is 93.8 cm³/mol. The smallest absolute Gasteiger partial charge is 0.326 e. The normalized spacial score (nSPS) is 19.4. The predicted octanol–water partition coefficient (Wildman–Crippen LogP) is -2.76. The Labute approximate surface area is 161 Å². The molecule has 0 aromatic carbocycles. The number of aliphatic carboxylic acids is 2. The number of nitrogens with one attached hydrogen (secondary N) is 2. The Kier molecular flexibility index (Phi) is 8.79. The zero-order valence-electron chi connectivity index (χ0n) is 15.5. The number of aliphatic hydroxyl groups is 1. The van der Waals surface area contributed by atoms with E-state index in [2.05, 4.69) is 10.6 Å². The van der Waals surface area contributed by atoms with Crippen LogP contribution in [0.15, 0.2) is 0 Å². The van der Waals surface area contributed by atoms with Crippen LogP contribution in [0.2, 0.25) is 0 Å². The summed E-state index contributed by atoms with van der Waals surface area (Å²) in [6.07, 6.45) is -0.902. The molecule has 0 aromatic heterocycles. The van der Waals surface area contributed by atoms with Crippen molar-refractivity contribution in [3.8, 4) is 0 Å². The second kappa shape index (κ2) is 10.6. The van der Waals surface area contributed by atoms with Crippen molar-refractivity contribution in [3.05, 3.63) is 0 Å². The monoisotopic (exact) mass is 402 g/mol. The summed E-state index contributed by atoms with van der Waals surface area (Å²) in [7, 11) is 0. The van der Waals surface area contributed by atoms with Crippen molar-refractivity contribution in [2.45, 2.75) is 56.8 Å². The largest absolute Gasteiger partial charge is 0.481 e. The molecule has 12 heteroatoms. The number of amides is 3. The summed E-state index contributed by atoms with van der Waals surface area (Å²) in [4.78, 5) is 59.3. The molecule has 0 aromatic rings. The highest BCUT2D eigenvalue weighted by molar-refractivity contribution is 5.93. The van der Waals surface area contributed by atoms with Gasteiger partial charge in [0.15, 0.2) is 0 Å². The SMILES string of the molecule is CC(O)C(N)C(=O)N1CCCC1C(=O)NCC(=O)NC(CCC(=O)O)C(=O)O. The average Bonchev–Trinajstić information content (AvgIpc) is 3.11. The van der Waals surface area contributed by atoms with Crippen LogP contribution < -0.4 is 16.4 Å². The van der Waals surface area contributed by atoms with Crippen molar-refractivity contribution < 1.29 is 39.3 Å². The first-order valence-electron chi connectivity index (χ1n) is 8.80. The molecular formula is C16H26N4O8. The zero-order chi connectivity index (χ0) is 21.4. The van der Waals surface area contributed by atoms with Crippen LogP contribution in [-0.2, 0) is 24.0 Å². The number of carboxylic acids is 2. The number of aliphatic hydroxyl groups excluding tert-OH is 1. The van der Waals surface area contributed by atoms with Crippen LogP contribution >= 0.6 is 0 Å². The molecule has 1 heterocycles. The summed E-state index contributed by atoms with van der Waals surface area (Å²) in [5.74, 6) is -4.56. The Morgan fingerprint density at radius 2 is 1.86 bits per heavy atom. The van der Waals surface area contributed by atoms with Crippen LogP contribution in [0.1, 0.15) is 32.6 Å². The molecule has 1 aliphatic heterocycles. The van der Waals surface area contributed by atoms with Crippen molar-refractivity contribution >= 4 is 29.7 Å². The van der Waals surface area contributed by atoms with Crippen molar-refractivity contribution in [1.29, 1.82) is 0 Å². The van der Waals surface area contributed by atoms with Gasteiger partial charge in [0.05, 0.1) is 12.6 Å². The molecule has 28 heavy (non-hydrogen) atoms. The highest BCUT2D eigenvalue weighted by Gasteiger charge is 2.37. The third-order valence-corrected chi connectivity index (χ3v) is 4.35. The van der Waals surface area contributed by atoms with E-state index in [1.807, 2.05) is 0 Å². The molecule has 0 bridgehead atoms. The Morgan fingerprint density at radius 1 is 1.21 bits per heavy atom. The van der Waals surface area contributed by atoms with Crippen LogP contribution in [0.4, 0.5) is 0 Å². The molecule has 1 saturated heterocycles. The summed E-state index contributed by atoms with van der Waals surface area (Å²) >= 11 is 0. The number of nitrogens with two attached hydrogens (primary N) is 1. The second-order valence-electron chi connectivity index (χ2n) is 6.56. The molecule has 0 radical (unpaired) electrons. The maximum Gasteiger partial charge on any atom is 0.326 e. The number of hydrogen-bond donors (Lipinski definition) is 6. The van der Waals surface area contributed by atoms with E-state index in [1.54, 1.807) is 0 Å². The van der Waals surface area contributed by atoms with Crippen LogP contribution in [-0.4, -0.2) is 87.2 Å². The number of carbonyl (C=O) groups is 5. The first kappa shape index (κ1) is 23.3. The lowest BCUT2D eigenvalue weighted by Gasteiger charge is -2.27. The minimum atomic E-state index is -1.39. The molecule has 3 amide bonds. The molecule has 4 unspecified atom stereocenters. The zero-order valence-corrected chi connectivity index (χ0v) is 15.5. The Hall–Kier alpha value is -2.73. The number of hydrogen-bond acceptors (Lipinski definition) is 7. The molecule has 1 aliphatic rings. The first-order chi connectivity index (χ1) is 13.0. The fourth-order valence-electron chi connectivity index (χ4n) is 2.76. The lowest BCUT2D eigenvalue weighted by molar-refractivity contribution is -0.143. The van der Waals surface area contributed by atoms with E-state index < -0.39 is 66.9 Å². The van der Waals surface area contributed by atoms with Gasteiger partial charge in [0.25, 0.3) is 0 Å². The lowest BCUT2D eigenvalue weighted by atomic mass is 10.1. The van der Waals surface area contributed by atoms with E-state index in [4.69, 9.17) is 15.9 Å². The topological polar surface area (TPSA) is 199 Å². The Morgan fingerprint density at radius 3 is 2.39 bits per heavy atom. The minimum Gasteiger partial charge on any atom is -0.481 e. The number of carboxylic acid groups (broad SMARTS) is 2. The molecule has 1 rings (SSSR count). The molecule has 0 aliphatic carbocycles. The van der Waals surface area contributed by atoms with Crippen LogP contribution in [0.25, 0.3) is 0 Å². The highest BCUT2D eigenvalue weighted by Crippen LogP contribution is 2.18. The number of nitrogens with zero attached hydrogens (tertiary/aromatic N) is 1. The van der Waals surface area contributed by atoms with E-state index >= 15 is 0 Å². The minimum absolute atomic E-state index is 0.291. The first-order valence-corrected chi connectivity index (χ1v) is 8.80. The van der Waals surface area contributed by atoms with Gasteiger partial charge in [-0.15, -0.1) is 0 Å². The van der Waals surface area contributed by atoms with Crippen LogP contribution in [0, 0.1) is 0 Å². The molecule has 0 spiro atoms. The molecule has 0 saturated carbocycles. The van der Waals surface area contributed by atoms with E-state index in [0.717, 1.165) is 0 Å². The van der Waals surface area contributed by atoms with Gasteiger partial charge in [-0.05, 0) is 26.2 Å². The molecule has 7 N–H and O–H groups in total. The Bertz CT molecular complexity index is 624. The van der Waals surface area contributed by atoms with Gasteiger partial charge in [0.1, 0.15) is 18.1 Å². The van der Waals surface area contributed by atoms with E-state index in [9.17, 15) is 29.1 Å². The summed E-state index contributed by atoms with van der Waals surface area (Å²) in [6.45, 7) is 1.12. The molecule has 4 atom stereocenters. The fourth-order valence-corrected chi connectivity index (χ4v) is 2.76. The maximum atomic E-state index is 12.3. The maximum absolute atomic E-state index is 12.3. The molecular weight excluding hydrogens is 376 g/mol. The summed E-state index contributed by atoms with van der Waals surface area (Å²) in [6, 6.07) is -3.40. The van der Waals surface area contributed by atoms with Crippen molar-refractivity contribution in [1.82, 2.24) is 15.5 Å².